The molecular weight excluding hydrogens is 332 g/mol. The molecule has 1 aliphatic rings. The first-order valence-electron chi connectivity index (χ1n) is 8.86. The highest BCUT2D eigenvalue weighted by atomic mass is 16.6. The van der Waals surface area contributed by atoms with Gasteiger partial charge in [0.05, 0.1) is 0 Å². The lowest BCUT2D eigenvalue weighted by atomic mass is 10.0. The number of hydrogen-bond donors (Lipinski definition) is 0. The summed E-state index contributed by atoms with van der Waals surface area (Å²) in [5, 5.41) is 4.21. The smallest absolute Gasteiger partial charge is 0.410 e. The van der Waals surface area contributed by atoms with E-state index >= 15 is 0 Å². The number of carbonyl (C=O) groups is 1. The highest BCUT2D eigenvalue weighted by molar-refractivity contribution is 5.68. The predicted molar refractivity (Wildman–Crippen MR) is 98.4 cm³/mol. The van der Waals surface area contributed by atoms with Crippen LogP contribution in [0.3, 0.4) is 0 Å². The van der Waals surface area contributed by atoms with Crippen LogP contribution >= 0.6 is 0 Å². The number of anilines is 1. The number of aromatic nitrogens is 4. The molecule has 0 radical (unpaired) electrons. The van der Waals surface area contributed by atoms with E-state index in [0.717, 1.165) is 37.6 Å². The number of hydrogen-bond acceptors (Lipinski definition) is 6. The van der Waals surface area contributed by atoms with Gasteiger partial charge in [-0.15, -0.1) is 0 Å². The van der Waals surface area contributed by atoms with Gasteiger partial charge in [0, 0.05) is 44.6 Å². The average Bonchev–Trinajstić information content (AvgIpc) is 3.14. The number of rotatable bonds is 3. The van der Waals surface area contributed by atoms with Crippen LogP contribution in [0.2, 0.25) is 0 Å². The maximum atomic E-state index is 12.2. The van der Waals surface area contributed by atoms with Crippen molar-refractivity contribution in [2.75, 3.05) is 25.0 Å². The van der Waals surface area contributed by atoms with E-state index in [0.29, 0.717) is 0 Å². The number of ether oxygens (including phenoxy) is 1. The molecule has 1 saturated heterocycles. The third-order valence-corrected chi connectivity index (χ3v) is 4.40. The predicted octanol–water partition coefficient (Wildman–Crippen LogP) is 2.50. The van der Waals surface area contributed by atoms with Gasteiger partial charge < -0.3 is 14.5 Å². The topological polar surface area (TPSA) is 76.4 Å². The first kappa shape index (κ1) is 18.2. The third kappa shape index (κ3) is 4.30. The Hall–Kier alpha value is -2.64. The number of nitrogens with zero attached hydrogens (tertiary/aromatic N) is 6. The van der Waals surface area contributed by atoms with E-state index in [2.05, 4.69) is 20.0 Å². The molecule has 0 spiro atoms. The molecule has 0 aromatic carbocycles. The second-order valence-electron chi connectivity index (χ2n) is 7.49. The fourth-order valence-corrected chi connectivity index (χ4v) is 3.00. The molecule has 0 N–H and O–H groups in total. The third-order valence-electron chi connectivity index (χ3n) is 4.40. The van der Waals surface area contributed by atoms with E-state index in [4.69, 9.17) is 4.74 Å². The fraction of sp³-hybridized carbons (Fsp3) is 0.556. The van der Waals surface area contributed by atoms with E-state index in [1.807, 2.05) is 46.1 Å². The molecule has 2 aromatic heterocycles. The number of amides is 1. The Bertz CT molecular complexity index is 732. The lowest BCUT2D eigenvalue weighted by Crippen LogP contribution is -2.47. The molecule has 3 heterocycles. The van der Waals surface area contributed by atoms with Crippen molar-refractivity contribution in [3.8, 4) is 5.82 Å². The van der Waals surface area contributed by atoms with Crippen LogP contribution in [0.4, 0.5) is 10.6 Å². The summed E-state index contributed by atoms with van der Waals surface area (Å²) in [5.41, 5.74) is -0.476. The Balaban J connectivity index is 1.60. The normalized spacial score (nSPS) is 15.8. The van der Waals surface area contributed by atoms with Gasteiger partial charge >= 0.3 is 6.09 Å². The molecule has 26 heavy (non-hydrogen) atoms. The summed E-state index contributed by atoms with van der Waals surface area (Å²) in [6.45, 7) is 7.30. The van der Waals surface area contributed by atoms with Crippen LogP contribution in [0, 0.1) is 0 Å². The number of carbonyl (C=O) groups excluding carboxylic acids is 1. The first-order chi connectivity index (χ1) is 12.3. The lowest BCUT2D eigenvalue weighted by Gasteiger charge is -2.37. The van der Waals surface area contributed by atoms with E-state index in [1.54, 1.807) is 22.1 Å². The lowest BCUT2D eigenvalue weighted by molar-refractivity contribution is 0.0201. The Morgan fingerprint density at radius 1 is 1.23 bits per heavy atom. The van der Waals surface area contributed by atoms with Crippen LogP contribution in [-0.2, 0) is 4.74 Å². The molecule has 1 amide bonds. The molecule has 2 aromatic rings. The van der Waals surface area contributed by atoms with Crippen LogP contribution < -0.4 is 4.90 Å². The standard InChI is InChI=1S/C18H26N6O2/c1-18(2,3)26-17(25)22(4)14-6-10-23(11-7-14)15-12-16(20-13-19-15)24-9-5-8-21-24/h5,8-9,12-14H,6-7,10-11H2,1-4H3. The zero-order valence-electron chi connectivity index (χ0n) is 15.8. The summed E-state index contributed by atoms with van der Waals surface area (Å²) < 4.78 is 7.18. The van der Waals surface area contributed by atoms with Crippen LogP contribution in [0.1, 0.15) is 33.6 Å². The summed E-state index contributed by atoms with van der Waals surface area (Å²) in [7, 11) is 1.81. The zero-order valence-corrected chi connectivity index (χ0v) is 15.8. The molecule has 0 unspecified atom stereocenters. The van der Waals surface area contributed by atoms with Crippen molar-refractivity contribution in [1.29, 1.82) is 0 Å². The van der Waals surface area contributed by atoms with Gasteiger partial charge in [-0.05, 0) is 39.7 Å². The van der Waals surface area contributed by atoms with Crippen molar-refractivity contribution in [2.24, 2.45) is 0 Å². The fourth-order valence-electron chi connectivity index (χ4n) is 3.00. The summed E-state index contributed by atoms with van der Waals surface area (Å²) in [5.74, 6) is 1.62. The van der Waals surface area contributed by atoms with Crippen LogP contribution in [0.5, 0.6) is 0 Å². The van der Waals surface area contributed by atoms with Crippen molar-refractivity contribution in [3.05, 3.63) is 30.9 Å². The van der Waals surface area contributed by atoms with Gasteiger partial charge in [-0.3, -0.25) is 0 Å². The van der Waals surface area contributed by atoms with Crippen molar-refractivity contribution in [2.45, 2.75) is 45.3 Å². The van der Waals surface area contributed by atoms with Crippen LogP contribution in [-0.4, -0.2) is 62.5 Å². The van der Waals surface area contributed by atoms with Gasteiger partial charge in [0.15, 0.2) is 5.82 Å². The molecule has 8 heteroatoms. The average molecular weight is 358 g/mol. The molecular formula is C18H26N6O2. The molecule has 3 rings (SSSR count). The minimum Gasteiger partial charge on any atom is -0.444 e. The molecule has 1 aliphatic heterocycles. The quantitative estimate of drug-likeness (QED) is 0.839. The highest BCUT2D eigenvalue weighted by Crippen LogP contribution is 2.22. The molecule has 0 saturated carbocycles. The Kier molecular flexibility index (Phi) is 5.11. The van der Waals surface area contributed by atoms with Crippen molar-refractivity contribution >= 4 is 11.9 Å². The van der Waals surface area contributed by atoms with Gasteiger partial charge in [-0.1, -0.05) is 0 Å². The summed E-state index contributed by atoms with van der Waals surface area (Å²) in [6.07, 6.45) is 6.62. The first-order valence-corrected chi connectivity index (χ1v) is 8.86. The monoisotopic (exact) mass is 358 g/mol. The Morgan fingerprint density at radius 3 is 2.54 bits per heavy atom. The van der Waals surface area contributed by atoms with Crippen molar-refractivity contribution < 1.29 is 9.53 Å². The Labute approximate surface area is 153 Å². The molecule has 0 bridgehead atoms. The molecule has 1 fully saturated rings. The summed E-state index contributed by atoms with van der Waals surface area (Å²) in [4.78, 5) is 24.8. The van der Waals surface area contributed by atoms with Gasteiger partial charge in [0.25, 0.3) is 0 Å². The van der Waals surface area contributed by atoms with Gasteiger partial charge in [-0.2, -0.15) is 5.10 Å². The van der Waals surface area contributed by atoms with Gasteiger partial charge in [0.1, 0.15) is 17.7 Å². The largest absolute Gasteiger partial charge is 0.444 e. The second-order valence-corrected chi connectivity index (χ2v) is 7.49. The van der Waals surface area contributed by atoms with Crippen LogP contribution in [0.15, 0.2) is 30.9 Å². The van der Waals surface area contributed by atoms with Crippen molar-refractivity contribution in [3.63, 3.8) is 0 Å². The maximum Gasteiger partial charge on any atom is 0.410 e. The SMILES string of the molecule is CN(C(=O)OC(C)(C)C)C1CCN(c2cc(-n3cccn3)ncn2)CC1. The highest BCUT2D eigenvalue weighted by Gasteiger charge is 2.29. The maximum absolute atomic E-state index is 12.2. The number of piperidine rings is 1. The van der Waals surface area contributed by atoms with E-state index in [-0.39, 0.29) is 12.1 Å². The van der Waals surface area contributed by atoms with Gasteiger partial charge in [0.2, 0.25) is 0 Å². The Morgan fingerprint density at radius 2 is 1.92 bits per heavy atom. The van der Waals surface area contributed by atoms with E-state index < -0.39 is 5.60 Å². The summed E-state index contributed by atoms with van der Waals surface area (Å²) >= 11 is 0. The van der Waals surface area contributed by atoms with Crippen molar-refractivity contribution in [1.82, 2.24) is 24.6 Å². The van der Waals surface area contributed by atoms with Crippen LogP contribution in [0.25, 0.3) is 5.82 Å². The molecule has 0 aliphatic carbocycles. The minimum atomic E-state index is -0.476. The zero-order chi connectivity index (χ0) is 18.7. The van der Waals surface area contributed by atoms with E-state index in [9.17, 15) is 4.79 Å². The molecule has 140 valence electrons. The summed E-state index contributed by atoms with van der Waals surface area (Å²) in [6, 6.07) is 3.97. The van der Waals surface area contributed by atoms with Gasteiger partial charge in [-0.25, -0.2) is 19.4 Å². The second kappa shape index (κ2) is 7.31. The minimum absolute atomic E-state index is 0.175. The van der Waals surface area contributed by atoms with E-state index in [1.165, 1.54) is 0 Å². The molecule has 0 atom stereocenters. The molecule has 8 nitrogen and oxygen atoms in total.